The Bertz CT molecular complexity index is 866. The Hall–Kier alpha value is -3.02. The van der Waals surface area contributed by atoms with Crippen molar-refractivity contribution in [3.05, 3.63) is 65.2 Å². The van der Waals surface area contributed by atoms with E-state index >= 15 is 0 Å². The van der Waals surface area contributed by atoms with Crippen molar-refractivity contribution in [1.29, 1.82) is 0 Å². The van der Waals surface area contributed by atoms with Crippen molar-refractivity contribution in [3.8, 4) is 5.75 Å². The molecule has 1 aliphatic heterocycles. The molecule has 0 saturated carbocycles. The monoisotopic (exact) mass is 409 g/mol. The summed E-state index contributed by atoms with van der Waals surface area (Å²) in [6, 6.07) is 15.3. The van der Waals surface area contributed by atoms with E-state index in [1.165, 1.54) is 0 Å². The van der Waals surface area contributed by atoms with Gasteiger partial charge >= 0.3 is 6.03 Å². The maximum Gasteiger partial charge on any atom is 0.317 e. The number of ether oxygens (including phenoxy) is 1. The summed E-state index contributed by atoms with van der Waals surface area (Å²) in [6.45, 7) is 5.98. The van der Waals surface area contributed by atoms with Gasteiger partial charge in [0, 0.05) is 31.1 Å². The molecule has 6 nitrogen and oxygen atoms in total. The van der Waals surface area contributed by atoms with Gasteiger partial charge in [0.05, 0.1) is 13.2 Å². The van der Waals surface area contributed by atoms with E-state index in [1.54, 1.807) is 7.11 Å². The number of nitrogens with one attached hydrogen (secondary N) is 2. The standard InChI is InChI=1S/C24H31N3O3/c1-4-25-24(29)27-14-6-9-21(16-27)19-7-5-8-20(15-19)23(28)26-17(2)18-10-12-22(30-3)13-11-18/h5,7-8,10-13,15,17,21H,4,6,9,14,16H2,1-3H3,(H,25,29)(H,26,28)/t17-,21-/m0/s1. The summed E-state index contributed by atoms with van der Waals surface area (Å²) in [5.41, 5.74) is 2.77. The van der Waals surface area contributed by atoms with Crippen LogP contribution in [0, 0.1) is 0 Å². The lowest BCUT2D eigenvalue weighted by atomic mass is 9.89. The minimum Gasteiger partial charge on any atom is -0.497 e. The second-order valence-electron chi connectivity index (χ2n) is 7.71. The van der Waals surface area contributed by atoms with Crippen LogP contribution >= 0.6 is 0 Å². The predicted molar refractivity (Wildman–Crippen MR) is 118 cm³/mol. The molecule has 0 bridgehead atoms. The van der Waals surface area contributed by atoms with Crippen molar-refractivity contribution in [1.82, 2.24) is 15.5 Å². The summed E-state index contributed by atoms with van der Waals surface area (Å²) in [4.78, 5) is 26.9. The van der Waals surface area contributed by atoms with Crippen molar-refractivity contribution in [2.45, 2.75) is 38.6 Å². The Morgan fingerprint density at radius 2 is 1.97 bits per heavy atom. The molecule has 2 aromatic rings. The van der Waals surface area contributed by atoms with Gasteiger partial charge in [0.2, 0.25) is 0 Å². The molecule has 1 fully saturated rings. The van der Waals surface area contributed by atoms with E-state index in [0.29, 0.717) is 18.7 Å². The van der Waals surface area contributed by atoms with Crippen LogP contribution in [-0.4, -0.2) is 43.6 Å². The molecule has 0 spiro atoms. The molecule has 0 aromatic heterocycles. The maximum absolute atomic E-state index is 12.8. The van der Waals surface area contributed by atoms with Crippen molar-refractivity contribution in [2.75, 3.05) is 26.7 Å². The van der Waals surface area contributed by atoms with Crippen LogP contribution in [0.4, 0.5) is 4.79 Å². The van der Waals surface area contributed by atoms with E-state index in [-0.39, 0.29) is 23.9 Å². The first-order chi connectivity index (χ1) is 14.5. The van der Waals surface area contributed by atoms with Gasteiger partial charge in [-0.3, -0.25) is 4.79 Å². The largest absolute Gasteiger partial charge is 0.497 e. The highest BCUT2D eigenvalue weighted by Gasteiger charge is 2.25. The van der Waals surface area contributed by atoms with Crippen LogP contribution in [0.2, 0.25) is 0 Å². The Labute approximate surface area is 178 Å². The number of methoxy groups -OCH3 is 1. The second kappa shape index (κ2) is 10.1. The number of likely N-dealkylation sites (tertiary alicyclic amines) is 1. The molecule has 30 heavy (non-hydrogen) atoms. The Morgan fingerprint density at radius 1 is 1.20 bits per heavy atom. The molecular weight excluding hydrogens is 378 g/mol. The number of urea groups is 1. The molecule has 0 radical (unpaired) electrons. The van der Waals surface area contributed by atoms with Crippen LogP contribution < -0.4 is 15.4 Å². The van der Waals surface area contributed by atoms with Gasteiger partial charge in [0.25, 0.3) is 5.91 Å². The maximum atomic E-state index is 12.8. The van der Waals surface area contributed by atoms with Crippen LogP contribution in [0.25, 0.3) is 0 Å². The number of nitrogens with zero attached hydrogens (tertiary/aromatic N) is 1. The number of rotatable bonds is 6. The topological polar surface area (TPSA) is 70.7 Å². The number of carbonyl (C=O) groups is 2. The third-order valence-electron chi connectivity index (χ3n) is 5.62. The molecule has 2 N–H and O–H groups in total. The Kier molecular flexibility index (Phi) is 7.33. The van der Waals surface area contributed by atoms with Crippen LogP contribution in [0.3, 0.4) is 0 Å². The molecule has 0 aliphatic carbocycles. The van der Waals surface area contributed by atoms with Gasteiger partial charge in [-0.05, 0) is 62.1 Å². The lowest BCUT2D eigenvalue weighted by molar-refractivity contribution is 0.0939. The molecule has 6 heteroatoms. The minimum atomic E-state index is -0.116. The first-order valence-electron chi connectivity index (χ1n) is 10.6. The highest BCUT2D eigenvalue weighted by atomic mass is 16.5. The minimum absolute atomic E-state index is 0.00980. The first-order valence-corrected chi connectivity index (χ1v) is 10.6. The molecule has 2 aromatic carbocycles. The fraction of sp³-hybridized carbons (Fsp3) is 0.417. The van der Waals surface area contributed by atoms with Gasteiger partial charge in [0.15, 0.2) is 0 Å². The predicted octanol–water partition coefficient (Wildman–Crippen LogP) is 4.10. The van der Waals surface area contributed by atoms with Gasteiger partial charge in [-0.25, -0.2) is 4.79 Å². The first kappa shape index (κ1) is 21.7. The molecule has 1 aliphatic rings. The van der Waals surface area contributed by atoms with Gasteiger partial charge in [-0.2, -0.15) is 0 Å². The smallest absolute Gasteiger partial charge is 0.317 e. The van der Waals surface area contributed by atoms with Crippen LogP contribution in [0.5, 0.6) is 5.75 Å². The summed E-state index contributed by atoms with van der Waals surface area (Å²) >= 11 is 0. The number of amides is 3. The average Bonchev–Trinajstić information content (AvgIpc) is 2.79. The average molecular weight is 410 g/mol. The van der Waals surface area contributed by atoms with Crippen molar-refractivity contribution in [2.24, 2.45) is 0 Å². The van der Waals surface area contributed by atoms with Crippen LogP contribution in [0.15, 0.2) is 48.5 Å². The SMILES string of the molecule is CCNC(=O)N1CCC[C@H](c2cccc(C(=O)N[C@@H](C)c3ccc(OC)cc3)c2)C1. The molecule has 1 heterocycles. The van der Waals surface area contributed by atoms with E-state index in [9.17, 15) is 9.59 Å². The molecule has 3 amide bonds. The molecule has 2 atom stereocenters. The number of hydrogen-bond donors (Lipinski definition) is 2. The van der Waals surface area contributed by atoms with Crippen LogP contribution in [0.1, 0.15) is 60.1 Å². The Morgan fingerprint density at radius 3 is 2.67 bits per heavy atom. The van der Waals surface area contributed by atoms with Gasteiger partial charge in [-0.15, -0.1) is 0 Å². The van der Waals surface area contributed by atoms with E-state index in [2.05, 4.69) is 16.7 Å². The Balaban J connectivity index is 1.66. The molecule has 3 rings (SSSR count). The summed E-state index contributed by atoms with van der Waals surface area (Å²) in [5.74, 6) is 0.934. The zero-order valence-corrected chi connectivity index (χ0v) is 18.0. The van der Waals surface area contributed by atoms with E-state index in [0.717, 1.165) is 36.3 Å². The van der Waals surface area contributed by atoms with Gasteiger partial charge < -0.3 is 20.3 Å². The summed E-state index contributed by atoms with van der Waals surface area (Å²) in [6.07, 6.45) is 1.98. The highest BCUT2D eigenvalue weighted by molar-refractivity contribution is 5.94. The number of hydrogen-bond acceptors (Lipinski definition) is 3. The van der Waals surface area contributed by atoms with Crippen molar-refractivity contribution in [3.63, 3.8) is 0 Å². The third kappa shape index (κ3) is 5.32. The van der Waals surface area contributed by atoms with E-state index < -0.39 is 0 Å². The molecule has 160 valence electrons. The summed E-state index contributed by atoms with van der Waals surface area (Å²) in [7, 11) is 1.63. The van der Waals surface area contributed by atoms with E-state index in [1.807, 2.05) is 61.2 Å². The van der Waals surface area contributed by atoms with Gasteiger partial charge in [-0.1, -0.05) is 24.3 Å². The van der Waals surface area contributed by atoms with Gasteiger partial charge in [0.1, 0.15) is 5.75 Å². The number of carbonyl (C=O) groups excluding carboxylic acids is 2. The summed E-state index contributed by atoms with van der Waals surface area (Å²) < 4.78 is 5.19. The fourth-order valence-corrected chi connectivity index (χ4v) is 3.89. The lowest BCUT2D eigenvalue weighted by Crippen LogP contribution is -2.44. The fourth-order valence-electron chi connectivity index (χ4n) is 3.89. The van der Waals surface area contributed by atoms with Crippen molar-refractivity contribution >= 4 is 11.9 Å². The zero-order chi connectivity index (χ0) is 21.5. The summed E-state index contributed by atoms with van der Waals surface area (Å²) in [5, 5.41) is 5.95. The molecule has 0 unspecified atom stereocenters. The quantitative estimate of drug-likeness (QED) is 0.755. The second-order valence-corrected chi connectivity index (χ2v) is 7.71. The van der Waals surface area contributed by atoms with Crippen LogP contribution in [-0.2, 0) is 0 Å². The van der Waals surface area contributed by atoms with Crippen molar-refractivity contribution < 1.29 is 14.3 Å². The molecule has 1 saturated heterocycles. The third-order valence-corrected chi connectivity index (χ3v) is 5.62. The normalized spacial score (nSPS) is 17.2. The molecular formula is C24H31N3O3. The number of benzene rings is 2. The van der Waals surface area contributed by atoms with E-state index in [4.69, 9.17) is 4.74 Å². The number of piperidine rings is 1. The highest BCUT2D eigenvalue weighted by Crippen LogP contribution is 2.28. The zero-order valence-electron chi connectivity index (χ0n) is 18.0. The lowest BCUT2D eigenvalue weighted by Gasteiger charge is -2.33.